The van der Waals surface area contributed by atoms with E-state index >= 15 is 0 Å². The molecule has 1 aromatic carbocycles. The van der Waals surface area contributed by atoms with E-state index in [1.807, 2.05) is 44.2 Å². The highest BCUT2D eigenvalue weighted by Crippen LogP contribution is 2.25. The van der Waals surface area contributed by atoms with Crippen LogP contribution in [0.3, 0.4) is 0 Å². The second kappa shape index (κ2) is 7.89. The number of amides is 4. The highest BCUT2D eigenvalue weighted by atomic mass is 16.2. The normalized spacial score (nSPS) is 20.0. The summed E-state index contributed by atoms with van der Waals surface area (Å²) in [5.41, 5.74) is -0.182. The molecule has 1 saturated heterocycles. The van der Waals surface area contributed by atoms with Crippen LogP contribution >= 0.6 is 0 Å². The van der Waals surface area contributed by atoms with Crippen LogP contribution < -0.4 is 10.2 Å². The van der Waals surface area contributed by atoms with Crippen molar-refractivity contribution < 1.29 is 14.4 Å². The van der Waals surface area contributed by atoms with E-state index in [1.165, 1.54) is 0 Å². The Morgan fingerprint density at radius 2 is 1.77 bits per heavy atom. The van der Waals surface area contributed by atoms with E-state index in [-0.39, 0.29) is 24.4 Å². The first-order valence-electron chi connectivity index (χ1n) is 9.17. The summed E-state index contributed by atoms with van der Waals surface area (Å²) >= 11 is 0. The molecular weight excluding hydrogens is 330 g/mol. The molecular formula is C20H29N3O3. The quantitative estimate of drug-likeness (QED) is 0.760. The molecule has 0 aromatic heterocycles. The number of para-hydroxylation sites is 1. The zero-order chi connectivity index (χ0) is 19.5. The molecule has 1 heterocycles. The third-order valence-corrected chi connectivity index (χ3v) is 4.68. The number of hydrogen-bond donors (Lipinski definition) is 1. The highest BCUT2D eigenvalue weighted by molar-refractivity contribution is 6.10. The summed E-state index contributed by atoms with van der Waals surface area (Å²) in [6.07, 6.45) is 1.39. The summed E-state index contributed by atoms with van der Waals surface area (Å²) in [5, 5.41) is 2.77. The lowest BCUT2D eigenvalue weighted by Gasteiger charge is -2.28. The molecule has 1 fully saturated rings. The Bertz CT molecular complexity index is 672. The van der Waals surface area contributed by atoms with Crippen molar-refractivity contribution in [2.45, 2.75) is 59.0 Å². The van der Waals surface area contributed by atoms with Crippen molar-refractivity contribution >= 4 is 23.5 Å². The summed E-state index contributed by atoms with van der Waals surface area (Å²) in [5.74, 6) is -0.169. The first-order chi connectivity index (χ1) is 12.2. The molecule has 1 aliphatic heterocycles. The molecule has 0 aliphatic carbocycles. The van der Waals surface area contributed by atoms with Crippen LogP contribution in [0, 0.1) is 5.92 Å². The molecule has 0 radical (unpaired) electrons. The topological polar surface area (TPSA) is 69.7 Å². The van der Waals surface area contributed by atoms with Crippen molar-refractivity contribution in [1.29, 1.82) is 0 Å². The van der Waals surface area contributed by atoms with Crippen molar-refractivity contribution in [2.24, 2.45) is 5.92 Å². The van der Waals surface area contributed by atoms with Crippen molar-refractivity contribution in [1.82, 2.24) is 10.2 Å². The van der Waals surface area contributed by atoms with Gasteiger partial charge in [0.15, 0.2) is 0 Å². The molecule has 0 bridgehead atoms. The number of anilines is 1. The molecule has 2 rings (SSSR count). The van der Waals surface area contributed by atoms with Gasteiger partial charge in [-0.1, -0.05) is 32.0 Å². The molecule has 1 N–H and O–H groups in total. The van der Waals surface area contributed by atoms with Crippen LogP contribution in [0.4, 0.5) is 10.5 Å². The van der Waals surface area contributed by atoms with E-state index in [2.05, 4.69) is 19.2 Å². The maximum atomic E-state index is 12.9. The molecule has 6 nitrogen and oxygen atoms in total. The third kappa shape index (κ3) is 4.23. The first-order valence-corrected chi connectivity index (χ1v) is 9.17. The Labute approximate surface area is 155 Å². The second-order valence-corrected chi connectivity index (χ2v) is 7.78. The lowest BCUT2D eigenvalue weighted by Crippen LogP contribution is -2.47. The predicted octanol–water partition coefficient (Wildman–Crippen LogP) is 3.17. The molecule has 4 amide bonds. The number of urea groups is 1. The highest BCUT2D eigenvalue weighted by Gasteiger charge is 2.48. The van der Waals surface area contributed by atoms with Crippen LogP contribution in [0.1, 0.15) is 47.5 Å². The number of benzene rings is 1. The number of nitrogens with one attached hydrogen (secondary N) is 1. The molecule has 142 valence electrons. The van der Waals surface area contributed by atoms with Crippen molar-refractivity contribution in [3.63, 3.8) is 0 Å². The van der Waals surface area contributed by atoms with Gasteiger partial charge in [-0.25, -0.2) is 4.79 Å². The number of hydrogen-bond acceptors (Lipinski definition) is 3. The average Bonchev–Trinajstić information content (AvgIpc) is 2.78. The summed E-state index contributed by atoms with van der Waals surface area (Å²) in [6, 6.07) is 8.70. The van der Waals surface area contributed by atoms with Gasteiger partial charge >= 0.3 is 6.03 Å². The van der Waals surface area contributed by atoms with Gasteiger partial charge in [0.2, 0.25) is 5.91 Å². The average molecular weight is 359 g/mol. The summed E-state index contributed by atoms with van der Waals surface area (Å²) in [4.78, 5) is 40.6. The lowest BCUT2D eigenvalue weighted by atomic mass is 9.92. The van der Waals surface area contributed by atoms with Crippen LogP contribution in [0.25, 0.3) is 0 Å². The number of imide groups is 1. The summed E-state index contributed by atoms with van der Waals surface area (Å²) in [7, 11) is 0. The summed E-state index contributed by atoms with van der Waals surface area (Å²) in [6.45, 7) is 9.44. The van der Waals surface area contributed by atoms with Gasteiger partial charge < -0.3 is 10.2 Å². The van der Waals surface area contributed by atoms with Crippen LogP contribution in [0.2, 0.25) is 0 Å². The van der Waals surface area contributed by atoms with Crippen LogP contribution in [0.15, 0.2) is 30.3 Å². The number of rotatable bonds is 7. The third-order valence-electron chi connectivity index (χ3n) is 4.68. The fourth-order valence-corrected chi connectivity index (χ4v) is 3.17. The minimum Gasteiger partial charge on any atom is -0.323 e. The van der Waals surface area contributed by atoms with E-state index in [9.17, 15) is 14.4 Å². The van der Waals surface area contributed by atoms with Crippen molar-refractivity contribution in [3.8, 4) is 0 Å². The van der Waals surface area contributed by atoms with Crippen molar-refractivity contribution in [3.05, 3.63) is 30.3 Å². The number of carbonyl (C=O) groups is 3. The van der Waals surface area contributed by atoms with Gasteiger partial charge in [0, 0.05) is 11.7 Å². The van der Waals surface area contributed by atoms with Crippen LogP contribution in [-0.4, -0.2) is 40.9 Å². The van der Waals surface area contributed by atoms with Gasteiger partial charge in [0.25, 0.3) is 5.91 Å². The van der Waals surface area contributed by atoms with E-state index in [4.69, 9.17) is 0 Å². The molecule has 0 spiro atoms. The van der Waals surface area contributed by atoms with E-state index in [0.717, 1.165) is 17.0 Å². The molecule has 0 saturated carbocycles. The minimum absolute atomic E-state index is 0.0852. The molecule has 1 atom stereocenters. The molecule has 0 unspecified atom stereocenters. The second-order valence-electron chi connectivity index (χ2n) is 7.78. The maximum absolute atomic E-state index is 12.9. The van der Waals surface area contributed by atoms with Crippen molar-refractivity contribution in [2.75, 3.05) is 11.4 Å². The zero-order valence-corrected chi connectivity index (χ0v) is 16.3. The predicted molar refractivity (Wildman–Crippen MR) is 102 cm³/mol. The van der Waals surface area contributed by atoms with Gasteiger partial charge in [0.1, 0.15) is 12.1 Å². The largest absolute Gasteiger partial charge is 0.325 e. The van der Waals surface area contributed by atoms with Gasteiger partial charge in [-0.3, -0.25) is 14.5 Å². The standard InChI is InChI=1S/C20H29N3O3/c1-14(2)11-12-20(5)18(25)22(19(26)21-20)13-17(24)23(15(3)4)16-9-7-6-8-10-16/h6-10,14-15H,11-13H2,1-5H3,(H,21,26)/t20-/m0/s1. The van der Waals surface area contributed by atoms with Gasteiger partial charge in [-0.15, -0.1) is 0 Å². The Morgan fingerprint density at radius 3 is 2.31 bits per heavy atom. The van der Waals surface area contributed by atoms with Crippen LogP contribution in [-0.2, 0) is 9.59 Å². The van der Waals surface area contributed by atoms with Gasteiger partial charge in [-0.2, -0.15) is 0 Å². The smallest absolute Gasteiger partial charge is 0.323 e. The lowest BCUT2D eigenvalue weighted by molar-refractivity contribution is -0.134. The fraction of sp³-hybridized carbons (Fsp3) is 0.550. The van der Waals surface area contributed by atoms with E-state index in [1.54, 1.807) is 11.8 Å². The SMILES string of the molecule is CC(C)CC[C@]1(C)NC(=O)N(CC(=O)N(c2ccccc2)C(C)C)C1=O. The Hall–Kier alpha value is -2.37. The Balaban J connectivity index is 2.15. The minimum atomic E-state index is -0.933. The van der Waals surface area contributed by atoms with E-state index < -0.39 is 11.6 Å². The molecule has 26 heavy (non-hydrogen) atoms. The number of carbonyl (C=O) groups excluding carboxylic acids is 3. The molecule has 1 aromatic rings. The van der Waals surface area contributed by atoms with E-state index in [0.29, 0.717) is 12.3 Å². The van der Waals surface area contributed by atoms with Gasteiger partial charge in [0.05, 0.1) is 0 Å². The van der Waals surface area contributed by atoms with Gasteiger partial charge in [-0.05, 0) is 51.7 Å². The Morgan fingerprint density at radius 1 is 1.15 bits per heavy atom. The maximum Gasteiger partial charge on any atom is 0.325 e. The monoisotopic (exact) mass is 359 g/mol. The molecule has 6 heteroatoms. The van der Waals surface area contributed by atoms with Crippen LogP contribution in [0.5, 0.6) is 0 Å². The fourth-order valence-electron chi connectivity index (χ4n) is 3.17. The number of nitrogens with zero attached hydrogens (tertiary/aromatic N) is 2. The zero-order valence-electron chi connectivity index (χ0n) is 16.3. The Kier molecular flexibility index (Phi) is 6.05. The molecule has 1 aliphatic rings. The first kappa shape index (κ1) is 19.9. The summed E-state index contributed by atoms with van der Waals surface area (Å²) < 4.78 is 0.